The van der Waals surface area contributed by atoms with Crippen LogP contribution in [0.25, 0.3) is 0 Å². The van der Waals surface area contributed by atoms with Crippen molar-refractivity contribution in [3.63, 3.8) is 0 Å². The minimum absolute atomic E-state index is 0.00119. The van der Waals surface area contributed by atoms with Crippen LogP contribution in [0.4, 0.5) is 4.39 Å². The SMILES string of the molecule is Cn1nccc1C(O)c1ccc(F)c(Cl)c1. The number of nitrogens with zero attached hydrogens (tertiary/aromatic N) is 2. The first-order valence-corrected chi connectivity index (χ1v) is 5.08. The van der Waals surface area contributed by atoms with Crippen LogP contribution in [0.5, 0.6) is 0 Å². The lowest BCUT2D eigenvalue weighted by atomic mass is 10.1. The Morgan fingerprint density at radius 2 is 2.19 bits per heavy atom. The molecular formula is C11H10ClFN2O. The molecule has 1 aromatic heterocycles. The average molecular weight is 241 g/mol. The van der Waals surface area contributed by atoms with Crippen molar-refractivity contribution in [2.45, 2.75) is 6.10 Å². The van der Waals surface area contributed by atoms with Gasteiger partial charge in [-0.2, -0.15) is 5.10 Å². The maximum Gasteiger partial charge on any atom is 0.141 e. The van der Waals surface area contributed by atoms with E-state index in [1.54, 1.807) is 24.0 Å². The Kier molecular flexibility index (Phi) is 2.94. The van der Waals surface area contributed by atoms with Gasteiger partial charge in [0.15, 0.2) is 0 Å². The molecule has 0 saturated heterocycles. The summed E-state index contributed by atoms with van der Waals surface area (Å²) in [6.45, 7) is 0. The molecule has 0 radical (unpaired) electrons. The van der Waals surface area contributed by atoms with Crippen molar-refractivity contribution in [1.82, 2.24) is 9.78 Å². The summed E-state index contributed by atoms with van der Waals surface area (Å²) in [4.78, 5) is 0. The van der Waals surface area contributed by atoms with Gasteiger partial charge in [0.05, 0.1) is 10.7 Å². The van der Waals surface area contributed by atoms with Crippen LogP contribution in [0.3, 0.4) is 0 Å². The van der Waals surface area contributed by atoms with Crippen molar-refractivity contribution in [1.29, 1.82) is 0 Å². The Morgan fingerprint density at radius 1 is 1.44 bits per heavy atom. The fourth-order valence-electron chi connectivity index (χ4n) is 1.51. The van der Waals surface area contributed by atoms with E-state index in [2.05, 4.69) is 5.10 Å². The number of aliphatic hydroxyl groups excluding tert-OH is 1. The van der Waals surface area contributed by atoms with Crippen LogP contribution in [0.2, 0.25) is 5.02 Å². The first-order valence-electron chi connectivity index (χ1n) is 4.70. The second-order valence-corrected chi connectivity index (χ2v) is 3.86. The lowest BCUT2D eigenvalue weighted by Gasteiger charge is -2.11. The Balaban J connectivity index is 2.38. The lowest BCUT2D eigenvalue weighted by molar-refractivity contribution is 0.209. The van der Waals surface area contributed by atoms with E-state index in [1.165, 1.54) is 18.2 Å². The van der Waals surface area contributed by atoms with Gasteiger partial charge in [0.1, 0.15) is 11.9 Å². The molecule has 2 aromatic rings. The molecule has 0 amide bonds. The van der Waals surface area contributed by atoms with Gasteiger partial charge in [0.2, 0.25) is 0 Å². The van der Waals surface area contributed by atoms with Crippen LogP contribution >= 0.6 is 11.6 Å². The number of aromatic nitrogens is 2. The summed E-state index contributed by atoms with van der Waals surface area (Å²) >= 11 is 5.65. The topological polar surface area (TPSA) is 38.0 Å². The molecule has 16 heavy (non-hydrogen) atoms. The van der Waals surface area contributed by atoms with Gasteiger partial charge in [0, 0.05) is 13.2 Å². The minimum atomic E-state index is -0.856. The number of hydrogen-bond donors (Lipinski definition) is 1. The quantitative estimate of drug-likeness (QED) is 0.875. The van der Waals surface area contributed by atoms with Crippen molar-refractivity contribution in [3.8, 4) is 0 Å². The molecule has 0 aliphatic carbocycles. The van der Waals surface area contributed by atoms with Gasteiger partial charge in [0.25, 0.3) is 0 Å². The van der Waals surface area contributed by atoms with Gasteiger partial charge in [-0.05, 0) is 23.8 Å². The molecule has 5 heteroatoms. The van der Waals surface area contributed by atoms with Gasteiger partial charge in [-0.3, -0.25) is 4.68 Å². The van der Waals surface area contributed by atoms with Gasteiger partial charge in [-0.15, -0.1) is 0 Å². The molecule has 0 aliphatic heterocycles. The molecule has 1 aromatic carbocycles. The molecule has 1 unspecified atom stereocenters. The van der Waals surface area contributed by atoms with E-state index in [0.717, 1.165) is 0 Å². The van der Waals surface area contributed by atoms with Crippen LogP contribution in [0, 0.1) is 5.82 Å². The molecule has 1 atom stereocenters. The monoisotopic (exact) mass is 240 g/mol. The minimum Gasteiger partial charge on any atom is -0.382 e. The van der Waals surface area contributed by atoms with Crippen molar-refractivity contribution >= 4 is 11.6 Å². The number of hydrogen-bond acceptors (Lipinski definition) is 2. The van der Waals surface area contributed by atoms with E-state index in [4.69, 9.17) is 11.6 Å². The van der Waals surface area contributed by atoms with E-state index >= 15 is 0 Å². The van der Waals surface area contributed by atoms with E-state index < -0.39 is 11.9 Å². The maximum atomic E-state index is 13.0. The summed E-state index contributed by atoms with van der Waals surface area (Å²) in [6, 6.07) is 5.84. The molecule has 0 bridgehead atoms. The molecule has 84 valence electrons. The van der Waals surface area contributed by atoms with Crippen LogP contribution in [-0.4, -0.2) is 14.9 Å². The van der Waals surface area contributed by atoms with Crippen LogP contribution in [-0.2, 0) is 7.05 Å². The van der Waals surface area contributed by atoms with Crippen molar-refractivity contribution in [2.24, 2.45) is 7.05 Å². The lowest BCUT2D eigenvalue weighted by Crippen LogP contribution is -2.06. The third-order valence-electron chi connectivity index (χ3n) is 2.40. The van der Waals surface area contributed by atoms with E-state index in [-0.39, 0.29) is 5.02 Å². The number of halogens is 2. The first-order chi connectivity index (χ1) is 7.59. The molecule has 0 aliphatic rings. The standard InChI is InChI=1S/C11H10ClFN2O/c1-15-10(4-5-14-15)11(16)7-2-3-9(13)8(12)6-7/h2-6,11,16H,1H3. The highest BCUT2D eigenvalue weighted by molar-refractivity contribution is 6.30. The van der Waals surface area contributed by atoms with Gasteiger partial charge in [-0.25, -0.2) is 4.39 Å². The summed E-state index contributed by atoms with van der Waals surface area (Å²) < 4.78 is 14.5. The van der Waals surface area contributed by atoms with E-state index in [0.29, 0.717) is 11.3 Å². The van der Waals surface area contributed by atoms with Crippen LogP contribution < -0.4 is 0 Å². The third kappa shape index (κ3) is 1.94. The second kappa shape index (κ2) is 4.23. The van der Waals surface area contributed by atoms with Crippen LogP contribution in [0.1, 0.15) is 17.4 Å². The average Bonchev–Trinajstić information content (AvgIpc) is 2.67. The number of rotatable bonds is 2. The molecule has 0 saturated carbocycles. The highest BCUT2D eigenvalue weighted by atomic mass is 35.5. The highest BCUT2D eigenvalue weighted by Gasteiger charge is 2.15. The van der Waals surface area contributed by atoms with E-state index in [9.17, 15) is 9.50 Å². The predicted octanol–water partition coefficient (Wildman–Crippen LogP) is 2.29. The van der Waals surface area contributed by atoms with Crippen molar-refractivity contribution in [2.75, 3.05) is 0 Å². The fourth-order valence-corrected chi connectivity index (χ4v) is 1.69. The Morgan fingerprint density at radius 3 is 2.75 bits per heavy atom. The summed E-state index contributed by atoms with van der Waals surface area (Å²) in [6.07, 6.45) is 0.731. The first kappa shape index (κ1) is 11.1. The zero-order chi connectivity index (χ0) is 11.7. The summed E-state index contributed by atoms with van der Waals surface area (Å²) in [7, 11) is 1.73. The maximum absolute atomic E-state index is 13.0. The number of aliphatic hydroxyl groups is 1. The predicted molar refractivity (Wildman–Crippen MR) is 58.7 cm³/mol. The largest absolute Gasteiger partial charge is 0.382 e. The highest BCUT2D eigenvalue weighted by Crippen LogP contribution is 2.25. The zero-order valence-corrected chi connectivity index (χ0v) is 9.32. The fraction of sp³-hybridized carbons (Fsp3) is 0.182. The third-order valence-corrected chi connectivity index (χ3v) is 2.69. The zero-order valence-electron chi connectivity index (χ0n) is 8.56. The molecule has 1 heterocycles. The molecule has 0 spiro atoms. The van der Waals surface area contributed by atoms with E-state index in [1.807, 2.05) is 0 Å². The van der Waals surface area contributed by atoms with Crippen molar-refractivity contribution in [3.05, 3.63) is 52.6 Å². The summed E-state index contributed by atoms with van der Waals surface area (Å²) in [5.41, 5.74) is 1.16. The number of benzene rings is 1. The Hall–Kier alpha value is -1.39. The van der Waals surface area contributed by atoms with Gasteiger partial charge >= 0.3 is 0 Å². The summed E-state index contributed by atoms with van der Waals surface area (Å²) in [5, 5.41) is 14.0. The molecule has 3 nitrogen and oxygen atoms in total. The molecule has 2 rings (SSSR count). The number of aryl methyl sites for hydroxylation is 1. The molecular weight excluding hydrogens is 231 g/mol. The van der Waals surface area contributed by atoms with Gasteiger partial charge < -0.3 is 5.11 Å². The molecule has 1 N–H and O–H groups in total. The molecule has 0 fully saturated rings. The smallest absolute Gasteiger partial charge is 0.141 e. The Bertz CT molecular complexity index is 512. The second-order valence-electron chi connectivity index (χ2n) is 3.46. The van der Waals surface area contributed by atoms with Crippen LogP contribution in [0.15, 0.2) is 30.5 Å². The van der Waals surface area contributed by atoms with Gasteiger partial charge in [-0.1, -0.05) is 17.7 Å². The normalized spacial score (nSPS) is 12.8. The summed E-state index contributed by atoms with van der Waals surface area (Å²) in [5.74, 6) is -0.498. The van der Waals surface area contributed by atoms with Crippen molar-refractivity contribution < 1.29 is 9.50 Å². The Labute approximate surface area is 97.1 Å².